The van der Waals surface area contributed by atoms with Crippen LogP contribution in [-0.2, 0) is 11.2 Å². The lowest BCUT2D eigenvalue weighted by Gasteiger charge is -2.20. The van der Waals surface area contributed by atoms with Crippen molar-refractivity contribution < 1.29 is 14.3 Å². The fourth-order valence-corrected chi connectivity index (χ4v) is 3.86. The number of hydrogen-bond acceptors (Lipinski definition) is 4. The van der Waals surface area contributed by atoms with E-state index in [0.29, 0.717) is 24.3 Å². The Morgan fingerprint density at radius 1 is 1.45 bits per heavy atom. The van der Waals surface area contributed by atoms with E-state index in [0.717, 1.165) is 24.1 Å². The second kappa shape index (κ2) is 6.08. The summed E-state index contributed by atoms with van der Waals surface area (Å²) < 4.78 is 5.19. The van der Waals surface area contributed by atoms with Crippen LogP contribution in [0.3, 0.4) is 0 Å². The van der Waals surface area contributed by atoms with Crippen molar-refractivity contribution in [2.75, 3.05) is 6.61 Å². The zero-order valence-corrected chi connectivity index (χ0v) is 13.6. The summed E-state index contributed by atoms with van der Waals surface area (Å²) in [5, 5.41) is 2.03. The van der Waals surface area contributed by atoms with Crippen molar-refractivity contribution in [3.63, 3.8) is 0 Å². The highest BCUT2D eigenvalue weighted by atomic mass is 32.1. The standard InChI is InChI=1S/C17H19NO3S/c1-3-6-21-17(20)16-10(2)15-12(18-16)8-11(9-13(15)19)14-5-4-7-22-14/h4-5,7,11,18H,3,6,8-9H2,1-2H3/t11-/m1/s1. The molecule has 22 heavy (non-hydrogen) atoms. The number of esters is 1. The van der Waals surface area contributed by atoms with Gasteiger partial charge in [0.25, 0.3) is 0 Å². The van der Waals surface area contributed by atoms with Crippen LogP contribution in [0.5, 0.6) is 0 Å². The molecular formula is C17H19NO3S. The van der Waals surface area contributed by atoms with Gasteiger partial charge in [0.2, 0.25) is 0 Å². The van der Waals surface area contributed by atoms with E-state index in [2.05, 4.69) is 11.1 Å². The van der Waals surface area contributed by atoms with E-state index in [1.54, 1.807) is 11.3 Å². The van der Waals surface area contributed by atoms with Gasteiger partial charge in [-0.05, 0) is 36.8 Å². The van der Waals surface area contributed by atoms with Gasteiger partial charge in [-0.15, -0.1) is 11.3 Å². The van der Waals surface area contributed by atoms with Crippen molar-refractivity contribution in [2.45, 2.75) is 39.0 Å². The van der Waals surface area contributed by atoms with Gasteiger partial charge >= 0.3 is 5.97 Å². The summed E-state index contributed by atoms with van der Waals surface area (Å²) in [5.41, 5.74) is 2.72. The molecule has 0 spiro atoms. The van der Waals surface area contributed by atoms with Crippen molar-refractivity contribution in [1.29, 1.82) is 0 Å². The molecule has 1 aliphatic rings. The third kappa shape index (κ3) is 2.61. The quantitative estimate of drug-likeness (QED) is 0.871. The lowest BCUT2D eigenvalue weighted by molar-refractivity contribution is 0.0498. The normalized spacial score (nSPS) is 17.4. The van der Waals surface area contributed by atoms with Crippen molar-refractivity contribution in [1.82, 2.24) is 4.98 Å². The number of carbonyl (C=O) groups excluding carboxylic acids is 2. The molecule has 0 fully saturated rings. The van der Waals surface area contributed by atoms with Gasteiger partial charge in [-0.2, -0.15) is 0 Å². The molecular weight excluding hydrogens is 298 g/mol. The Bertz CT molecular complexity index is 700. The summed E-state index contributed by atoms with van der Waals surface area (Å²) in [6.45, 7) is 4.17. The second-order valence-electron chi connectivity index (χ2n) is 5.66. The molecule has 0 unspecified atom stereocenters. The molecule has 3 rings (SSSR count). The zero-order valence-electron chi connectivity index (χ0n) is 12.8. The van der Waals surface area contributed by atoms with Gasteiger partial charge < -0.3 is 9.72 Å². The van der Waals surface area contributed by atoms with E-state index in [1.165, 1.54) is 4.88 Å². The van der Waals surface area contributed by atoms with Gasteiger partial charge in [0.05, 0.1) is 6.61 Å². The summed E-state index contributed by atoms with van der Waals surface area (Å²) >= 11 is 1.68. The number of thiophene rings is 1. The highest BCUT2D eigenvalue weighted by Crippen LogP contribution is 2.36. The molecule has 1 atom stereocenters. The van der Waals surface area contributed by atoms with Crippen LogP contribution in [0.15, 0.2) is 17.5 Å². The number of Topliss-reactive ketones (excluding diaryl/α,β-unsaturated/α-hetero) is 1. The van der Waals surface area contributed by atoms with E-state index < -0.39 is 0 Å². The topological polar surface area (TPSA) is 59.2 Å². The minimum atomic E-state index is -0.366. The third-order valence-electron chi connectivity index (χ3n) is 4.08. The number of H-pyrrole nitrogens is 1. The minimum Gasteiger partial charge on any atom is -0.461 e. The van der Waals surface area contributed by atoms with Crippen LogP contribution in [0.25, 0.3) is 0 Å². The Morgan fingerprint density at radius 2 is 2.27 bits per heavy atom. The van der Waals surface area contributed by atoms with E-state index in [1.807, 2.05) is 25.3 Å². The number of hydrogen-bond donors (Lipinski definition) is 1. The summed E-state index contributed by atoms with van der Waals surface area (Å²) in [5.74, 6) is -0.0465. The molecule has 2 aromatic heterocycles. The maximum atomic E-state index is 12.5. The first-order valence-corrected chi connectivity index (χ1v) is 8.45. The molecule has 0 saturated carbocycles. The predicted molar refractivity (Wildman–Crippen MR) is 85.8 cm³/mol. The number of rotatable bonds is 4. The summed E-state index contributed by atoms with van der Waals surface area (Å²) in [7, 11) is 0. The summed E-state index contributed by atoms with van der Waals surface area (Å²) in [6.07, 6.45) is 2.06. The summed E-state index contributed by atoms with van der Waals surface area (Å²) in [6, 6.07) is 4.08. The van der Waals surface area contributed by atoms with Crippen molar-refractivity contribution in [3.8, 4) is 0 Å². The smallest absolute Gasteiger partial charge is 0.355 e. The van der Waals surface area contributed by atoms with Crippen LogP contribution in [0.4, 0.5) is 0 Å². The number of ether oxygens (including phenoxy) is 1. The molecule has 2 heterocycles. The fourth-order valence-electron chi connectivity index (χ4n) is 3.03. The lowest BCUT2D eigenvalue weighted by atomic mass is 9.84. The van der Waals surface area contributed by atoms with Gasteiger partial charge in [-0.25, -0.2) is 4.79 Å². The Morgan fingerprint density at radius 3 is 2.95 bits per heavy atom. The van der Waals surface area contributed by atoms with Crippen LogP contribution < -0.4 is 0 Å². The predicted octanol–water partition coefficient (Wildman–Crippen LogP) is 3.86. The monoisotopic (exact) mass is 317 g/mol. The van der Waals surface area contributed by atoms with Crippen LogP contribution in [0.1, 0.15) is 62.7 Å². The average molecular weight is 317 g/mol. The SMILES string of the molecule is CCCOC(=O)c1[nH]c2c(c1C)C(=O)C[C@H](c1cccs1)C2. The highest BCUT2D eigenvalue weighted by molar-refractivity contribution is 7.10. The van der Waals surface area contributed by atoms with Gasteiger partial charge in [0.1, 0.15) is 5.69 Å². The number of aromatic nitrogens is 1. The zero-order chi connectivity index (χ0) is 15.7. The van der Waals surface area contributed by atoms with Gasteiger partial charge in [-0.1, -0.05) is 13.0 Å². The molecule has 0 aliphatic heterocycles. The molecule has 0 aromatic carbocycles. The molecule has 0 bridgehead atoms. The van der Waals surface area contributed by atoms with E-state index in [9.17, 15) is 9.59 Å². The molecule has 1 N–H and O–H groups in total. The molecule has 4 nitrogen and oxygen atoms in total. The fraction of sp³-hybridized carbons (Fsp3) is 0.412. The molecule has 5 heteroatoms. The largest absolute Gasteiger partial charge is 0.461 e. The number of aromatic amines is 1. The molecule has 1 aliphatic carbocycles. The first kappa shape index (κ1) is 15.0. The van der Waals surface area contributed by atoms with E-state index in [-0.39, 0.29) is 17.7 Å². The van der Waals surface area contributed by atoms with Gasteiger partial charge in [-0.3, -0.25) is 4.79 Å². The molecule has 0 saturated heterocycles. The van der Waals surface area contributed by atoms with E-state index in [4.69, 9.17) is 4.74 Å². The Hall–Kier alpha value is -1.88. The van der Waals surface area contributed by atoms with Gasteiger partial charge in [0.15, 0.2) is 5.78 Å². The lowest BCUT2D eigenvalue weighted by Crippen LogP contribution is -2.17. The Labute approximate surface area is 133 Å². The third-order valence-corrected chi connectivity index (χ3v) is 5.11. The molecule has 116 valence electrons. The molecule has 0 amide bonds. The first-order chi connectivity index (χ1) is 10.6. The Kier molecular flexibility index (Phi) is 4.16. The van der Waals surface area contributed by atoms with Crippen LogP contribution in [0.2, 0.25) is 0 Å². The maximum absolute atomic E-state index is 12.5. The van der Waals surface area contributed by atoms with Crippen molar-refractivity contribution in [2.24, 2.45) is 0 Å². The van der Waals surface area contributed by atoms with Crippen molar-refractivity contribution in [3.05, 3.63) is 44.9 Å². The average Bonchev–Trinajstić information content (AvgIpc) is 3.13. The summed E-state index contributed by atoms with van der Waals surface area (Å²) in [4.78, 5) is 29.0. The van der Waals surface area contributed by atoms with Crippen LogP contribution >= 0.6 is 11.3 Å². The Balaban J connectivity index is 1.90. The molecule has 0 radical (unpaired) electrons. The maximum Gasteiger partial charge on any atom is 0.355 e. The molecule has 2 aromatic rings. The first-order valence-electron chi connectivity index (χ1n) is 7.57. The number of carbonyl (C=O) groups is 2. The number of ketones is 1. The second-order valence-corrected chi connectivity index (χ2v) is 6.64. The number of fused-ring (bicyclic) bond motifs is 1. The van der Waals surface area contributed by atoms with Crippen LogP contribution in [-0.4, -0.2) is 23.3 Å². The van der Waals surface area contributed by atoms with Gasteiger partial charge in [0, 0.05) is 28.5 Å². The van der Waals surface area contributed by atoms with E-state index >= 15 is 0 Å². The highest BCUT2D eigenvalue weighted by Gasteiger charge is 2.32. The minimum absolute atomic E-state index is 0.114. The van der Waals surface area contributed by atoms with Crippen LogP contribution in [0, 0.1) is 6.92 Å². The van der Waals surface area contributed by atoms with Crippen molar-refractivity contribution >= 4 is 23.1 Å². The number of nitrogens with one attached hydrogen (secondary N) is 1.